The zero-order valence-electron chi connectivity index (χ0n) is 16.9. The van der Waals surface area contributed by atoms with Crippen LogP contribution in [0.15, 0.2) is 64.9 Å². The average Bonchev–Trinajstić information content (AvgIpc) is 3.25. The molecule has 1 saturated heterocycles. The smallest absolute Gasteiger partial charge is 0.267 e. The highest BCUT2D eigenvalue weighted by molar-refractivity contribution is 7.89. The van der Waals surface area contributed by atoms with Crippen LogP contribution in [0.25, 0.3) is 0 Å². The Morgan fingerprint density at radius 3 is 2.48 bits per heavy atom. The van der Waals surface area contributed by atoms with E-state index in [1.54, 1.807) is 11.4 Å². The Kier molecular flexibility index (Phi) is 6.34. The Morgan fingerprint density at radius 2 is 1.77 bits per heavy atom. The number of piperazine rings is 1. The lowest BCUT2D eigenvalue weighted by atomic mass is 10.2. The van der Waals surface area contributed by atoms with Crippen LogP contribution >= 0.6 is 22.9 Å². The van der Waals surface area contributed by atoms with Crippen LogP contribution in [-0.4, -0.2) is 44.8 Å². The van der Waals surface area contributed by atoms with Crippen molar-refractivity contribution < 1.29 is 13.2 Å². The maximum Gasteiger partial charge on any atom is 0.267 e. The Labute approximate surface area is 191 Å². The van der Waals surface area contributed by atoms with Gasteiger partial charge in [-0.15, -0.1) is 11.3 Å². The number of thiophene rings is 1. The SMILES string of the molecule is Cc1cccc(NC(=O)c2sccc2S(=O)(=O)N2CCN(c3cccc(Cl)c3)CC2)c1. The highest BCUT2D eigenvalue weighted by Crippen LogP contribution is 2.28. The summed E-state index contributed by atoms with van der Waals surface area (Å²) < 4.78 is 28.0. The lowest BCUT2D eigenvalue weighted by molar-refractivity contribution is 0.102. The van der Waals surface area contributed by atoms with Crippen molar-refractivity contribution in [1.29, 1.82) is 0 Å². The van der Waals surface area contributed by atoms with E-state index in [1.807, 2.05) is 49.4 Å². The van der Waals surface area contributed by atoms with E-state index in [2.05, 4.69) is 10.2 Å². The molecule has 0 bridgehead atoms. The van der Waals surface area contributed by atoms with Crippen LogP contribution in [0.2, 0.25) is 5.02 Å². The number of rotatable bonds is 5. The van der Waals surface area contributed by atoms with Crippen molar-refractivity contribution in [3.8, 4) is 0 Å². The average molecular weight is 476 g/mol. The molecule has 0 spiro atoms. The van der Waals surface area contributed by atoms with Gasteiger partial charge in [-0.1, -0.05) is 29.8 Å². The molecule has 1 N–H and O–H groups in total. The number of hydrogen-bond acceptors (Lipinski definition) is 5. The molecule has 1 aromatic heterocycles. The van der Waals surface area contributed by atoms with Crippen LogP contribution in [0.3, 0.4) is 0 Å². The first kappa shape index (κ1) is 21.8. The first-order valence-corrected chi connectivity index (χ1v) is 12.5. The van der Waals surface area contributed by atoms with E-state index in [1.165, 1.54) is 10.4 Å². The molecule has 2 aromatic carbocycles. The fourth-order valence-electron chi connectivity index (χ4n) is 3.58. The molecule has 0 saturated carbocycles. The second kappa shape index (κ2) is 9.00. The van der Waals surface area contributed by atoms with Gasteiger partial charge in [-0.2, -0.15) is 4.31 Å². The number of nitrogens with zero attached hydrogens (tertiary/aromatic N) is 2. The Bertz CT molecular complexity index is 1200. The van der Waals surface area contributed by atoms with E-state index in [0.29, 0.717) is 36.9 Å². The van der Waals surface area contributed by atoms with Gasteiger partial charge in [-0.3, -0.25) is 4.79 Å². The number of anilines is 2. The molecule has 31 heavy (non-hydrogen) atoms. The van der Waals surface area contributed by atoms with Gasteiger partial charge in [-0.25, -0.2) is 8.42 Å². The molecule has 6 nitrogen and oxygen atoms in total. The van der Waals surface area contributed by atoms with Gasteiger partial charge in [0.25, 0.3) is 5.91 Å². The van der Waals surface area contributed by atoms with Gasteiger partial charge in [0.2, 0.25) is 10.0 Å². The third-order valence-corrected chi connectivity index (χ3v) is 8.36. The summed E-state index contributed by atoms with van der Waals surface area (Å²) in [6.07, 6.45) is 0. The van der Waals surface area contributed by atoms with Gasteiger partial charge in [-0.05, 0) is 54.3 Å². The summed E-state index contributed by atoms with van der Waals surface area (Å²) in [7, 11) is -3.78. The fraction of sp³-hybridized carbons (Fsp3) is 0.227. The standard InChI is InChI=1S/C22H22ClN3O3S2/c1-16-4-2-6-18(14-16)24-22(27)21-20(8-13-30-21)31(28,29)26-11-9-25(10-12-26)19-7-3-5-17(23)15-19/h2-8,13-15H,9-12H2,1H3,(H,24,27). The number of amides is 1. The molecule has 1 fully saturated rings. The summed E-state index contributed by atoms with van der Waals surface area (Å²) in [4.78, 5) is 15.2. The largest absolute Gasteiger partial charge is 0.369 e. The summed E-state index contributed by atoms with van der Waals surface area (Å²) in [6, 6.07) is 16.4. The predicted molar refractivity (Wildman–Crippen MR) is 126 cm³/mol. The van der Waals surface area contributed by atoms with Crippen molar-refractivity contribution in [2.45, 2.75) is 11.8 Å². The van der Waals surface area contributed by atoms with Crippen molar-refractivity contribution in [3.63, 3.8) is 0 Å². The molecular weight excluding hydrogens is 454 g/mol. The van der Waals surface area contributed by atoms with E-state index in [-0.39, 0.29) is 9.77 Å². The van der Waals surface area contributed by atoms with Crippen molar-refractivity contribution in [2.24, 2.45) is 0 Å². The number of halogens is 1. The first-order chi connectivity index (χ1) is 14.8. The van der Waals surface area contributed by atoms with Gasteiger partial charge in [0, 0.05) is 42.6 Å². The van der Waals surface area contributed by atoms with Crippen LogP contribution in [0, 0.1) is 6.92 Å². The number of hydrogen-bond donors (Lipinski definition) is 1. The second-order valence-corrected chi connectivity index (χ2v) is 10.6. The van der Waals surface area contributed by atoms with E-state index >= 15 is 0 Å². The van der Waals surface area contributed by atoms with Crippen LogP contribution in [0.4, 0.5) is 11.4 Å². The van der Waals surface area contributed by atoms with E-state index in [4.69, 9.17) is 11.6 Å². The minimum absolute atomic E-state index is 0.0545. The number of carbonyl (C=O) groups is 1. The molecule has 1 aliphatic heterocycles. The van der Waals surface area contributed by atoms with Gasteiger partial charge < -0.3 is 10.2 Å². The zero-order chi connectivity index (χ0) is 22.0. The van der Waals surface area contributed by atoms with Crippen LogP contribution in [-0.2, 0) is 10.0 Å². The predicted octanol–water partition coefficient (Wildman–Crippen LogP) is 4.47. The van der Waals surface area contributed by atoms with Crippen LogP contribution < -0.4 is 10.2 Å². The number of benzene rings is 2. The summed E-state index contributed by atoms with van der Waals surface area (Å²) in [5.41, 5.74) is 2.62. The number of aryl methyl sites for hydroxylation is 1. The highest BCUT2D eigenvalue weighted by atomic mass is 35.5. The number of nitrogens with one attached hydrogen (secondary N) is 1. The zero-order valence-corrected chi connectivity index (χ0v) is 19.3. The maximum atomic E-state index is 13.3. The molecule has 1 amide bonds. The molecular formula is C22H22ClN3O3S2. The minimum Gasteiger partial charge on any atom is -0.369 e. The van der Waals surface area contributed by atoms with E-state index in [9.17, 15) is 13.2 Å². The Hall–Kier alpha value is -2.39. The maximum absolute atomic E-state index is 13.3. The summed E-state index contributed by atoms with van der Waals surface area (Å²) >= 11 is 7.20. The van der Waals surface area contributed by atoms with Gasteiger partial charge in [0.15, 0.2) is 0 Å². The van der Waals surface area contributed by atoms with E-state index in [0.717, 1.165) is 22.6 Å². The monoisotopic (exact) mass is 475 g/mol. The molecule has 3 aromatic rings. The van der Waals surface area contributed by atoms with Crippen LogP contribution in [0.5, 0.6) is 0 Å². The van der Waals surface area contributed by atoms with Crippen molar-refractivity contribution in [3.05, 3.63) is 75.4 Å². The molecule has 9 heteroatoms. The van der Waals surface area contributed by atoms with Crippen molar-refractivity contribution >= 4 is 50.2 Å². The Morgan fingerprint density at radius 1 is 1.03 bits per heavy atom. The summed E-state index contributed by atoms with van der Waals surface area (Å²) in [5.74, 6) is -0.420. The third kappa shape index (κ3) is 4.77. The molecule has 162 valence electrons. The van der Waals surface area contributed by atoms with Crippen molar-refractivity contribution in [1.82, 2.24) is 4.31 Å². The molecule has 4 rings (SSSR count). The van der Waals surface area contributed by atoms with Crippen LogP contribution in [0.1, 0.15) is 15.2 Å². The number of sulfonamides is 1. The molecule has 0 unspecified atom stereocenters. The second-order valence-electron chi connectivity index (χ2n) is 7.31. The molecule has 0 aliphatic carbocycles. The fourth-order valence-corrected chi connectivity index (χ4v) is 6.48. The molecule has 2 heterocycles. The van der Waals surface area contributed by atoms with Gasteiger partial charge in [0.05, 0.1) is 0 Å². The lowest BCUT2D eigenvalue weighted by Crippen LogP contribution is -2.48. The summed E-state index contributed by atoms with van der Waals surface area (Å²) in [6.45, 7) is 3.70. The molecule has 1 aliphatic rings. The third-order valence-electron chi connectivity index (χ3n) is 5.14. The quantitative estimate of drug-likeness (QED) is 0.591. The van der Waals surface area contributed by atoms with E-state index < -0.39 is 15.9 Å². The highest BCUT2D eigenvalue weighted by Gasteiger charge is 2.32. The minimum atomic E-state index is -3.78. The normalized spacial score (nSPS) is 15.1. The summed E-state index contributed by atoms with van der Waals surface area (Å²) in [5, 5.41) is 5.09. The Balaban J connectivity index is 1.49. The van der Waals surface area contributed by atoms with Crippen molar-refractivity contribution in [2.75, 3.05) is 36.4 Å². The first-order valence-electron chi connectivity index (χ1n) is 9.81. The molecule has 0 radical (unpaired) electrons. The number of carbonyl (C=O) groups excluding carboxylic acids is 1. The van der Waals surface area contributed by atoms with Gasteiger partial charge in [0.1, 0.15) is 9.77 Å². The molecule has 0 atom stereocenters. The van der Waals surface area contributed by atoms with Gasteiger partial charge >= 0.3 is 0 Å². The topological polar surface area (TPSA) is 69.7 Å². The lowest BCUT2D eigenvalue weighted by Gasteiger charge is -2.35.